The number of hydrogen-bond donors (Lipinski definition) is 1. The first-order valence-corrected chi connectivity index (χ1v) is 5.12. The monoisotopic (exact) mass is 194 g/mol. The van der Waals surface area contributed by atoms with Gasteiger partial charge in [0.15, 0.2) is 0 Å². The van der Waals surface area contributed by atoms with Crippen LogP contribution >= 0.6 is 0 Å². The Morgan fingerprint density at radius 1 is 1.29 bits per heavy atom. The fourth-order valence-electron chi connectivity index (χ4n) is 2.34. The number of ether oxygens (including phenoxy) is 1. The van der Waals surface area contributed by atoms with Crippen LogP contribution in [0.15, 0.2) is 12.1 Å². The van der Waals surface area contributed by atoms with Crippen molar-refractivity contribution in [3.05, 3.63) is 23.5 Å². The summed E-state index contributed by atoms with van der Waals surface area (Å²) in [7, 11) is 1.79. The molecule has 2 heterocycles. The van der Waals surface area contributed by atoms with E-state index in [1.165, 1.54) is 11.4 Å². The number of methoxy groups -OCH3 is 1. The number of nitrogens with zero attached hydrogens (tertiary/aromatic N) is 1. The van der Waals surface area contributed by atoms with Crippen LogP contribution < -0.4 is 5.32 Å². The van der Waals surface area contributed by atoms with Gasteiger partial charge < -0.3 is 14.6 Å². The summed E-state index contributed by atoms with van der Waals surface area (Å²) in [5, 5.41) is 3.37. The molecule has 2 atom stereocenters. The fourth-order valence-corrected chi connectivity index (χ4v) is 2.34. The lowest BCUT2D eigenvalue weighted by Gasteiger charge is -2.22. The Bertz CT molecular complexity index is 300. The molecule has 1 aromatic rings. The molecular formula is C11H18N2O. The molecule has 0 saturated carbocycles. The SMILES string of the molecule is COC1CNCC1n1c(C)ccc1C. The predicted octanol–water partition coefficient (Wildman–Crippen LogP) is 1.26. The molecule has 1 saturated heterocycles. The van der Waals surface area contributed by atoms with Gasteiger partial charge >= 0.3 is 0 Å². The van der Waals surface area contributed by atoms with Gasteiger partial charge in [0.05, 0.1) is 12.1 Å². The molecule has 2 unspecified atom stereocenters. The number of aromatic nitrogens is 1. The van der Waals surface area contributed by atoms with Crippen LogP contribution in [0.5, 0.6) is 0 Å². The molecule has 14 heavy (non-hydrogen) atoms. The normalized spacial score (nSPS) is 27.1. The first kappa shape index (κ1) is 9.74. The molecule has 1 aliphatic rings. The molecular weight excluding hydrogens is 176 g/mol. The van der Waals surface area contributed by atoms with E-state index < -0.39 is 0 Å². The molecule has 3 nitrogen and oxygen atoms in total. The fraction of sp³-hybridized carbons (Fsp3) is 0.636. The lowest BCUT2D eigenvalue weighted by atomic mass is 10.2. The minimum Gasteiger partial charge on any atom is -0.378 e. The van der Waals surface area contributed by atoms with Gasteiger partial charge in [-0.3, -0.25) is 0 Å². The zero-order valence-electron chi connectivity index (χ0n) is 9.08. The van der Waals surface area contributed by atoms with Crippen LogP contribution in [-0.2, 0) is 4.74 Å². The highest BCUT2D eigenvalue weighted by atomic mass is 16.5. The second-order valence-electron chi connectivity index (χ2n) is 3.99. The zero-order valence-corrected chi connectivity index (χ0v) is 9.08. The summed E-state index contributed by atoms with van der Waals surface area (Å²) in [6.07, 6.45) is 0.305. The quantitative estimate of drug-likeness (QED) is 0.767. The van der Waals surface area contributed by atoms with E-state index in [1.807, 2.05) is 0 Å². The van der Waals surface area contributed by atoms with Gasteiger partial charge in [-0.1, -0.05) is 0 Å². The molecule has 0 amide bonds. The van der Waals surface area contributed by atoms with Crippen molar-refractivity contribution >= 4 is 0 Å². The van der Waals surface area contributed by atoms with E-state index in [0.29, 0.717) is 12.1 Å². The molecule has 0 radical (unpaired) electrons. The first-order valence-electron chi connectivity index (χ1n) is 5.12. The summed E-state index contributed by atoms with van der Waals surface area (Å²) < 4.78 is 7.84. The van der Waals surface area contributed by atoms with Crippen LogP contribution in [0, 0.1) is 13.8 Å². The lowest BCUT2D eigenvalue weighted by molar-refractivity contribution is 0.0855. The molecule has 0 bridgehead atoms. The average molecular weight is 194 g/mol. The van der Waals surface area contributed by atoms with Gasteiger partial charge in [-0.15, -0.1) is 0 Å². The molecule has 0 aromatic carbocycles. The highest BCUT2D eigenvalue weighted by Gasteiger charge is 2.29. The van der Waals surface area contributed by atoms with Crippen molar-refractivity contribution < 1.29 is 4.74 Å². The van der Waals surface area contributed by atoms with Crippen LogP contribution in [0.25, 0.3) is 0 Å². The van der Waals surface area contributed by atoms with Crippen molar-refractivity contribution in [3.8, 4) is 0 Å². The predicted molar refractivity (Wildman–Crippen MR) is 56.6 cm³/mol. The van der Waals surface area contributed by atoms with Crippen molar-refractivity contribution in [1.29, 1.82) is 0 Å². The largest absolute Gasteiger partial charge is 0.378 e. The van der Waals surface area contributed by atoms with Crippen molar-refractivity contribution in [2.45, 2.75) is 26.0 Å². The third-order valence-electron chi connectivity index (χ3n) is 3.09. The van der Waals surface area contributed by atoms with Gasteiger partial charge in [0.25, 0.3) is 0 Å². The Kier molecular flexibility index (Phi) is 2.61. The van der Waals surface area contributed by atoms with Crippen molar-refractivity contribution in [2.75, 3.05) is 20.2 Å². The molecule has 1 N–H and O–H groups in total. The van der Waals surface area contributed by atoms with Gasteiger partial charge in [-0.2, -0.15) is 0 Å². The summed E-state index contributed by atoms with van der Waals surface area (Å²) in [6, 6.07) is 4.79. The molecule has 1 aliphatic heterocycles. The Labute approximate surface area is 85.1 Å². The van der Waals surface area contributed by atoms with Crippen molar-refractivity contribution in [3.63, 3.8) is 0 Å². The molecule has 1 fully saturated rings. The Balaban J connectivity index is 2.29. The summed E-state index contributed by atoms with van der Waals surface area (Å²) in [5.41, 5.74) is 2.64. The second kappa shape index (κ2) is 3.75. The molecule has 1 aromatic heterocycles. The summed E-state index contributed by atoms with van der Waals surface area (Å²) in [6.45, 7) is 6.27. The maximum atomic E-state index is 5.47. The number of hydrogen-bond acceptors (Lipinski definition) is 2. The van der Waals surface area contributed by atoms with Crippen LogP contribution in [-0.4, -0.2) is 30.9 Å². The van der Waals surface area contributed by atoms with E-state index in [1.54, 1.807) is 7.11 Å². The van der Waals surface area contributed by atoms with Gasteiger partial charge in [0, 0.05) is 31.6 Å². The number of aryl methyl sites for hydroxylation is 2. The van der Waals surface area contributed by atoms with Crippen molar-refractivity contribution in [2.24, 2.45) is 0 Å². The molecule has 3 heteroatoms. The van der Waals surface area contributed by atoms with Crippen LogP contribution in [0.2, 0.25) is 0 Å². The molecule has 78 valence electrons. The Morgan fingerprint density at radius 2 is 1.93 bits per heavy atom. The summed E-state index contributed by atoms with van der Waals surface area (Å²) in [4.78, 5) is 0. The van der Waals surface area contributed by atoms with E-state index in [2.05, 4.69) is 35.9 Å². The maximum Gasteiger partial charge on any atom is 0.0914 e. The minimum atomic E-state index is 0.305. The van der Waals surface area contributed by atoms with Gasteiger partial charge in [-0.25, -0.2) is 0 Å². The standard InChI is InChI=1S/C11H18N2O/c1-8-4-5-9(2)13(8)10-6-12-7-11(10)14-3/h4-5,10-12H,6-7H2,1-3H3. The van der Waals surface area contributed by atoms with E-state index in [9.17, 15) is 0 Å². The van der Waals surface area contributed by atoms with Crippen LogP contribution in [0.3, 0.4) is 0 Å². The third-order valence-corrected chi connectivity index (χ3v) is 3.09. The maximum absolute atomic E-state index is 5.47. The summed E-state index contributed by atoms with van der Waals surface area (Å²) >= 11 is 0. The average Bonchev–Trinajstić information content (AvgIpc) is 2.73. The molecule has 2 rings (SSSR count). The van der Waals surface area contributed by atoms with Crippen LogP contribution in [0.1, 0.15) is 17.4 Å². The summed E-state index contributed by atoms with van der Waals surface area (Å²) in [5.74, 6) is 0. The second-order valence-corrected chi connectivity index (χ2v) is 3.99. The smallest absolute Gasteiger partial charge is 0.0914 e. The number of rotatable bonds is 2. The van der Waals surface area contributed by atoms with Gasteiger partial charge in [0.2, 0.25) is 0 Å². The van der Waals surface area contributed by atoms with Gasteiger partial charge in [-0.05, 0) is 26.0 Å². The zero-order chi connectivity index (χ0) is 10.1. The Hall–Kier alpha value is -0.800. The molecule has 0 aliphatic carbocycles. The van der Waals surface area contributed by atoms with E-state index in [-0.39, 0.29) is 0 Å². The van der Waals surface area contributed by atoms with E-state index in [0.717, 1.165) is 13.1 Å². The highest BCUT2D eigenvalue weighted by molar-refractivity contribution is 5.16. The highest BCUT2D eigenvalue weighted by Crippen LogP contribution is 2.23. The lowest BCUT2D eigenvalue weighted by Crippen LogP contribution is -2.25. The topological polar surface area (TPSA) is 26.2 Å². The van der Waals surface area contributed by atoms with Gasteiger partial charge in [0.1, 0.15) is 0 Å². The van der Waals surface area contributed by atoms with E-state index in [4.69, 9.17) is 4.74 Å². The number of nitrogens with one attached hydrogen (secondary N) is 1. The third kappa shape index (κ3) is 1.47. The minimum absolute atomic E-state index is 0.305. The first-order chi connectivity index (χ1) is 6.74. The Morgan fingerprint density at radius 3 is 2.50 bits per heavy atom. The van der Waals surface area contributed by atoms with Crippen molar-refractivity contribution in [1.82, 2.24) is 9.88 Å². The molecule has 0 spiro atoms. The van der Waals surface area contributed by atoms with E-state index >= 15 is 0 Å². The van der Waals surface area contributed by atoms with Crippen LogP contribution in [0.4, 0.5) is 0 Å².